The minimum Gasteiger partial charge on any atom is -0.488 e. The minimum atomic E-state index is -0.715. The van der Waals surface area contributed by atoms with E-state index in [0.717, 1.165) is 99.9 Å². The molecular weight excluding hydrogens is 829 g/mol. The summed E-state index contributed by atoms with van der Waals surface area (Å²) in [4.78, 5) is 74.3. The first-order valence-corrected chi connectivity index (χ1v) is 23.2. The van der Waals surface area contributed by atoms with E-state index < -0.39 is 24.3 Å². The normalized spacial score (nSPS) is 22.2. The summed E-state index contributed by atoms with van der Waals surface area (Å²) in [6.07, 6.45) is 6.63. The molecule has 0 spiro atoms. The van der Waals surface area contributed by atoms with Gasteiger partial charge in [0.1, 0.15) is 36.1 Å². The number of hydrogen-bond acceptors (Lipinski definition) is 10. The van der Waals surface area contributed by atoms with E-state index in [2.05, 4.69) is 63.9 Å². The van der Waals surface area contributed by atoms with Crippen LogP contribution in [0.4, 0.5) is 9.59 Å². The number of carbonyl (C=O) groups is 4. The second-order valence-corrected chi connectivity index (χ2v) is 18.1. The van der Waals surface area contributed by atoms with Crippen LogP contribution in [0, 0.1) is 11.8 Å². The van der Waals surface area contributed by atoms with Crippen LogP contribution < -0.4 is 15.4 Å². The summed E-state index contributed by atoms with van der Waals surface area (Å²) in [7, 11) is 2.62. The summed E-state index contributed by atoms with van der Waals surface area (Å²) >= 11 is 0. The number of benzene rings is 3. The molecule has 0 aliphatic carbocycles. The number of aromatic amines is 2. The largest absolute Gasteiger partial charge is 0.488 e. The highest BCUT2D eigenvalue weighted by atomic mass is 16.5. The van der Waals surface area contributed by atoms with Gasteiger partial charge < -0.3 is 49.3 Å². The number of alkyl carbamates (subject to hydrolysis) is 2. The standard InChI is InChI=1S/C49H60N8O8/c1-7-26(3)41(54-48(60)62-5)46(58)57-32(8-2)12-16-39(57)45-51-36-14-11-29-22-35-33-13-10-30(21-31(33)25-65-40(35)23-34(29)43(36)53-45)37-24-50-44(52-37)38-15-9-27(4)56(38)47(59)42(55-49(61)63-6)28-17-19-64-20-18-28/h10-11,13-14,21-24,26-28,32,38-39,41-42H,7-9,12,15-20,25H2,1-6H3,(H,50,52)(H,51,53)(H,54,60)(H,55,61)/t26-,27-,32-,38-,39-,41?,42-/m0/s1. The van der Waals surface area contributed by atoms with Crippen LogP contribution in [-0.2, 0) is 30.4 Å². The van der Waals surface area contributed by atoms with Crippen LogP contribution in [0.15, 0.2) is 48.7 Å². The molecule has 2 aromatic heterocycles. The molecule has 0 bridgehead atoms. The van der Waals surface area contributed by atoms with Gasteiger partial charge >= 0.3 is 12.2 Å². The van der Waals surface area contributed by atoms with Crippen LogP contribution in [-0.4, -0.2) is 105 Å². The number of nitrogens with zero attached hydrogens (tertiary/aromatic N) is 4. The number of rotatable bonds is 11. The molecule has 16 heteroatoms. The second-order valence-electron chi connectivity index (χ2n) is 18.1. The van der Waals surface area contributed by atoms with Gasteiger partial charge in [-0.3, -0.25) is 9.59 Å². The number of nitrogens with one attached hydrogen (secondary N) is 4. The average molecular weight is 889 g/mol. The lowest BCUT2D eigenvalue weighted by molar-refractivity contribution is -0.139. The lowest BCUT2D eigenvalue weighted by Crippen LogP contribution is -2.54. The number of imidazole rings is 2. The van der Waals surface area contributed by atoms with Gasteiger partial charge in [-0.25, -0.2) is 19.6 Å². The summed E-state index contributed by atoms with van der Waals surface area (Å²) in [5.41, 5.74) is 6.61. The zero-order chi connectivity index (χ0) is 45.5. The number of ether oxygens (including phenoxy) is 4. The van der Waals surface area contributed by atoms with E-state index in [1.54, 1.807) is 0 Å². The fourth-order valence-electron chi connectivity index (χ4n) is 10.6. The Labute approximate surface area is 378 Å². The van der Waals surface area contributed by atoms with Crippen molar-refractivity contribution in [2.24, 2.45) is 11.8 Å². The summed E-state index contributed by atoms with van der Waals surface area (Å²) in [5.74, 6) is 1.83. The molecule has 0 radical (unpaired) electrons. The van der Waals surface area contributed by atoms with Crippen molar-refractivity contribution in [3.8, 4) is 28.1 Å². The van der Waals surface area contributed by atoms with E-state index in [4.69, 9.17) is 28.9 Å². The zero-order valence-electron chi connectivity index (χ0n) is 38.1. The number of likely N-dealkylation sites (tertiary alicyclic amines) is 2. The Morgan fingerprint density at radius 1 is 0.846 bits per heavy atom. The van der Waals surface area contributed by atoms with Gasteiger partial charge in [0.25, 0.3) is 0 Å². The van der Waals surface area contributed by atoms with Crippen molar-refractivity contribution in [1.29, 1.82) is 0 Å². The third kappa shape index (κ3) is 8.25. The molecule has 4 aliphatic rings. The summed E-state index contributed by atoms with van der Waals surface area (Å²) < 4.78 is 21.9. The van der Waals surface area contributed by atoms with Crippen LogP contribution in [0.5, 0.6) is 5.75 Å². The molecule has 3 saturated heterocycles. The molecule has 3 fully saturated rings. The Bertz CT molecular complexity index is 2600. The predicted octanol–water partition coefficient (Wildman–Crippen LogP) is 8.08. The number of H-pyrrole nitrogens is 2. The fraction of sp³-hybridized carbons (Fsp3) is 0.510. The van der Waals surface area contributed by atoms with Crippen molar-refractivity contribution >= 4 is 45.8 Å². The Hall–Kier alpha value is -6.16. The van der Waals surface area contributed by atoms with Gasteiger partial charge in [0.05, 0.1) is 49.2 Å². The quantitative estimate of drug-likeness (QED) is 0.101. The van der Waals surface area contributed by atoms with E-state index in [1.807, 2.05) is 42.8 Å². The van der Waals surface area contributed by atoms with Gasteiger partial charge in [0, 0.05) is 36.2 Å². The van der Waals surface area contributed by atoms with Gasteiger partial charge in [0.15, 0.2) is 0 Å². The second kappa shape index (κ2) is 18.4. The monoisotopic (exact) mass is 888 g/mol. The number of carbonyl (C=O) groups excluding carboxylic acids is 4. The van der Waals surface area contributed by atoms with Gasteiger partial charge in [-0.05, 0) is 110 Å². The fourth-order valence-corrected chi connectivity index (χ4v) is 10.6. The third-order valence-corrected chi connectivity index (χ3v) is 14.5. The number of methoxy groups -OCH3 is 2. The van der Waals surface area contributed by atoms with Crippen molar-refractivity contribution in [2.45, 2.75) is 122 Å². The highest BCUT2D eigenvalue weighted by Gasteiger charge is 2.44. The first kappa shape index (κ1) is 44.1. The van der Waals surface area contributed by atoms with Crippen molar-refractivity contribution in [1.82, 2.24) is 40.4 Å². The average Bonchev–Trinajstić information content (AvgIpc) is 4.17. The molecule has 344 valence electrons. The van der Waals surface area contributed by atoms with Crippen molar-refractivity contribution in [3.05, 3.63) is 65.9 Å². The Kier molecular flexibility index (Phi) is 12.5. The zero-order valence-corrected chi connectivity index (χ0v) is 38.1. The lowest BCUT2D eigenvalue weighted by atomic mass is 9.90. The molecule has 4 aliphatic heterocycles. The summed E-state index contributed by atoms with van der Waals surface area (Å²) in [6.45, 7) is 9.60. The molecule has 65 heavy (non-hydrogen) atoms. The molecule has 3 aromatic carbocycles. The van der Waals surface area contributed by atoms with Gasteiger partial charge in [0.2, 0.25) is 11.8 Å². The van der Waals surface area contributed by atoms with Crippen LogP contribution in [0.2, 0.25) is 0 Å². The molecular formula is C49H60N8O8. The van der Waals surface area contributed by atoms with E-state index in [1.165, 1.54) is 14.2 Å². The molecule has 0 saturated carbocycles. The van der Waals surface area contributed by atoms with Crippen molar-refractivity contribution < 1.29 is 38.1 Å². The summed E-state index contributed by atoms with van der Waals surface area (Å²) in [5, 5.41) is 7.63. The molecule has 16 nitrogen and oxygen atoms in total. The number of hydrogen-bond donors (Lipinski definition) is 4. The van der Waals surface area contributed by atoms with Crippen molar-refractivity contribution in [3.63, 3.8) is 0 Å². The SMILES string of the molecule is CC[C@H]1CC[C@@H](c2nc3c(ccc4cc5c(cc43)OCc3cc(-c4cnc([C@@H]6CC[C@H](C)N6C(=O)[C@@H](NC(=O)OC)C6CCOCC6)[nH]4)ccc3-5)[nH]2)N1C(=O)C(NC(=O)OC)[C@@H](C)CC. The highest BCUT2D eigenvalue weighted by molar-refractivity contribution is 6.07. The topological polar surface area (TPSA) is 193 Å². The summed E-state index contributed by atoms with van der Waals surface area (Å²) in [6, 6.07) is 12.8. The van der Waals surface area contributed by atoms with Crippen molar-refractivity contribution in [2.75, 3.05) is 27.4 Å². The van der Waals surface area contributed by atoms with E-state index >= 15 is 0 Å². The van der Waals surface area contributed by atoms with Crippen LogP contribution in [0.1, 0.15) is 108 Å². The Balaban J connectivity index is 0.965. The van der Waals surface area contributed by atoms with Crippen LogP contribution in [0.3, 0.4) is 0 Å². The first-order valence-electron chi connectivity index (χ1n) is 23.2. The molecule has 7 atom stereocenters. The molecule has 6 heterocycles. The van der Waals surface area contributed by atoms with E-state index in [0.29, 0.717) is 38.5 Å². The highest BCUT2D eigenvalue weighted by Crippen LogP contribution is 2.44. The molecule has 4 N–H and O–H groups in total. The van der Waals surface area contributed by atoms with E-state index in [9.17, 15) is 19.2 Å². The third-order valence-electron chi connectivity index (χ3n) is 14.5. The first-order chi connectivity index (χ1) is 31.5. The number of amides is 4. The minimum absolute atomic E-state index is 0.0236. The van der Waals surface area contributed by atoms with Gasteiger partial charge in [-0.1, -0.05) is 45.4 Å². The molecule has 9 rings (SSSR count). The smallest absolute Gasteiger partial charge is 0.407 e. The Morgan fingerprint density at radius 3 is 2.35 bits per heavy atom. The maximum absolute atomic E-state index is 14.3. The number of fused-ring (bicyclic) bond motifs is 6. The van der Waals surface area contributed by atoms with Crippen LogP contribution >= 0.6 is 0 Å². The van der Waals surface area contributed by atoms with Gasteiger partial charge in [-0.2, -0.15) is 0 Å². The Morgan fingerprint density at radius 2 is 1.60 bits per heavy atom. The number of aromatic nitrogens is 4. The maximum Gasteiger partial charge on any atom is 0.407 e. The lowest BCUT2D eigenvalue weighted by Gasteiger charge is -2.36. The maximum atomic E-state index is 14.3. The van der Waals surface area contributed by atoms with Crippen LogP contribution in [0.25, 0.3) is 44.2 Å². The van der Waals surface area contributed by atoms with E-state index in [-0.39, 0.29) is 47.8 Å². The molecule has 1 unspecified atom stereocenters. The molecule has 5 aromatic rings. The molecule has 4 amide bonds. The predicted molar refractivity (Wildman–Crippen MR) is 244 cm³/mol. The van der Waals surface area contributed by atoms with Gasteiger partial charge in [-0.15, -0.1) is 0 Å².